The third-order valence-electron chi connectivity index (χ3n) is 3.82. The van der Waals surface area contributed by atoms with Crippen molar-refractivity contribution in [2.45, 2.75) is 6.92 Å². The highest BCUT2D eigenvalue weighted by Gasteiger charge is 2.19. The predicted octanol–water partition coefficient (Wildman–Crippen LogP) is 3.89. The summed E-state index contributed by atoms with van der Waals surface area (Å²) in [4.78, 5) is 23.7. The van der Waals surface area contributed by atoms with Gasteiger partial charge in [-0.2, -0.15) is 0 Å². The van der Waals surface area contributed by atoms with Gasteiger partial charge in [-0.1, -0.05) is 11.6 Å². The molecule has 1 N–H and O–H groups in total. The molecule has 1 heterocycles. The maximum atomic E-state index is 12.9. The molecule has 0 amide bonds. The molecule has 0 saturated carbocycles. The standard InChI is InChI=1S/C19H15ClO6/c1-10-7-15-13(8-14(10)20)17(23)19(25-9-16(21)22)18(26-15)11-3-5-12(24-2)6-4-11/h3-8H,9H2,1-2H3,(H,21,22). The van der Waals surface area contributed by atoms with Crippen LogP contribution in [0.5, 0.6) is 11.5 Å². The lowest BCUT2D eigenvalue weighted by molar-refractivity contribution is -0.139. The minimum atomic E-state index is -1.20. The molecule has 134 valence electrons. The molecule has 3 aromatic rings. The van der Waals surface area contributed by atoms with Gasteiger partial charge in [0.05, 0.1) is 12.5 Å². The Kier molecular flexibility index (Phi) is 4.86. The summed E-state index contributed by atoms with van der Waals surface area (Å²) in [6.45, 7) is 1.13. The first-order valence-electron chi connectivity index (χ1n) is 7.66. The Labute approximate surface area is 153 Å². The summed E-state index contributed by atoms with van der Waals surface area (Å²) in [5.41, 5.74) is 1.16. The Morgan fingerprint density at radius 2 is 1.92 bits per heavy atom. The molecule has 2 aromatic carbocycles. The van der Waals surface area contributed by atoms with Crippen LogP contribution >= 0.6 is 11.6 Å². The van der Waals surface area contributed by atoms with Crippen LogP contribution in [-0.2, 0) is 4.79 Å². The zero-order chi connectivity index (χ0) is 18.8. The van der Waals surface area contributed by atoms with Crippen LogP contribution in [0.25, 0.3) is 22.3 Å². The highest BCUT2D eigenvalue weighted by molar-refractivity contribution is 6.32. The van der Waals surface area contributed by atoms with Gasteiger partial charge in [-0.15, -0.1) is 0 Å². The van der Waals surface area contributed by atoms with E-state index in [9.17, 15) is 9.59 Å². The summed E-state index contributed by atoms with van der Waals surface area (Å²) in [6, 6.07) is 9.94. The smallest absolute Gasteiger partial charge is 0.341 e. The minimum Gasteiger partial charge on any atom is -0.497 e. The topological polar surface area (TPSA) is 86.0 Å². The summed E-state index contributed by atoms with van der Waals surface area (Å²) < 4.78 is 16.2. The quantitative estimate of drug-likeness (QED) is 0.729. The number of fused-ring (bicyclic) bond motifs is 1. The molecule has 0 radical (unpaired) electrons. The zero-order valence-corrected chi connectivity index (χ0v) is 14.8. The number of carboxylic acids is 1. The number of hydrogen-bond acceptors (Lipinski definition) is 5. The Bertz CT molecular complexity index is 1040. The van der Waals surface area contributed by atoms with Gasteiger partial charge in [0.1, 0.15) is 11.3 Å². The maximum Gasteiger partial charge on any atom is 0.341 e. The summed E-state index contributed by atoms with van der Waals surface area (Å²) in [5, 5.41) is 9.52. The third-order valence-corrected chi connectivity index (χ3v) is 4.23. The number of carboxylic acid groups (broad SMARTS) is 1. The molecule has 0 aliphatic heterocycles. The molecule has 26 heavy (non-hydrogen) atoms. The molecular formula is C19H15ClO6. The number of hydrogen-bond donors (Lipinski definition) is 1. The van der Waals surface area contributed by atoms with E-state index in [1.807, 2.05) is 0 Å². The van der Waals surface area contributed by atoms with E-state index in [0.29, 0.717) is 21.9 Å². The van der Waals surface area contributed by atoms with E-state index in [1.165, 1.54) is 6.07 Å². The normalized spacial score (nSPS) is 10.7. The van der Waals surface area contributed by atoms with Gasteiger partial charge in [-0.25, -0.2) is 4.79 Å². The highest BCUT2D eigenvalue weighted by atomic mass is 35.5. The van der Waals surface area contributed by atoms with Crippen molar-refractivity contribution >= 4 is 28.5 Å². The highest BCUT2D eigenvalue weighted by Crippen LogP contribution is 2.33. The second-order valence-corrected chi connectivity index (χ2v) is 6.01. The number of rotatable bonds is 5. The van der Waals surface area contributed by atoms with Crippen molar-refractivity contribution in [3.8, 4) is 22.8 Å². The fraction of sp³-hybridized carbons (Fsp3) is 0.158. The van der Waals surface area contributed by atoms with Crippen LogP contribution in [0.3, 0.4) is 0 Å². The molecule has 0 aliphatic rings. The van der Waals surface area contributed by atoms with Crippen LogP contribution in [0.4, 0.5) is 0 Å². The molecule has 0 bridgehead atoms. The van der Waals surface area contributed by atoms with Gasteiger partial charge in [-0.05, 0) is 48.9 Å². The van der Waals surface area contributed by atoms with Crippen molar-refractivity contribution in [1.29, 1.82) is 0 Å². The average Bonchev–Trinajstić information content (AvgIpc) is 2.62. The molecule has 6 nitrogen and oxygen atoms in total. The maximum absolute atomic E-state index is 12.9. The molecule has 0 fully saturated rings. The molecule has 0 aliphatic carbocycles. The van der Waals surface area contributed by atoms with Gasteiger partial charge in [0.15, 0.2) is 12.4 Å². The number of benzene rings is 2. The Balaban J connectivity index is 2.26. The third kappa shape index (κ3) is 3.36. The van der Waals surface area contributed by atoms with Crippen molar-refractivity contribution in [3.63, 3.8) is 0 Å². The van der Waals surface area contributed by atoms with E-state index < -0.39 is 18.0 Å². The van der Waals surface area contributed by atoms with E-state index in [4.69, 9.17) is 30.6 Å². The van der Waals surface area contributed by atoms with Crippen LogP contribution in [-0.4, -0.2) is 24.8 Å². The minimum absolute atomic E-state index is 0.146. The lowest BCUT2D eigenvalue weighted by Gasteiger charge is -2.11. The summed E-state index contributed by atoms with van der Waals surface area (Å²) >= 11 is 6.10. The monoisotopic (exact) mass is 374 g/mol. The molecular weight excluding hydrogens is 360 g/mol. The average molecular weight is 375 g/mol. The van der Waals surface area contributed by atoms with E-state index in [0.717, 1.165) is 5.56 Å². The van der Waals surface area contributed by atoms with E-state index >= 15 is 0 Å². The second kappa shape index (κ2) is 7.09. The summed E-state index contributed by atoms with van der Waals surface area (Å²) in [6.07, 6.45) is 0. The lowest BCUT2D eigenvalue weighted by Crippen LogP contribution is -2.16. The second-order valence-electron chi connectivity index (χ2n) is 5.60. The fourth-order valence-corrected chi connectivity index (χ4v) is 2.66. The largest absolute Gasteiger partial charge is 0.497 e. The lowest BCUT2D eigenvalue weighted by atomic mass is 10.1. The van der Waals surface area contributed by atoms with Gasteiger partial charge in [0.25, 0.3) is 0 Å². The first kappa shape index (κ1) is 17.8. The van der Waals surface area contributed by atoms with E-state index in [2.05, 4.69) is 0 Å². The fourth-order valence-electron chi connectivity index (χ4n) is 2.50. The molecule has 0 saturated heterocycles. The summed E-state index contributed by atoms with van der Waals surface area (Å²) in [5.74, 6) is -0.599. The number of halogens is 1. The first-order valence-corrected chi connectivity index (χ1v) is 8.04. The Hall–Kier alpha value is -2.99. The van der Waals surface area contributed by atoms with Gasteiger partial charge >= 0.3 is 5.97 Å². The zero-order valence-electron chi connectivity index (χ0n) is 14.0. The van der Waals surface area contributed by atoms with Crippen molar-refractivity contribution in [3.05, 3.63) is 57.2 Å². The molecule has 0 spiro atoms. The van der Waals surface area contributed by atoms with Crippen molar-refractivity contribution in [1.82, 2.24) is 0 Å². The number of methoxy groups -OCH3 is 1. The van der Waals surface area contributed by atoms with Crippen LogP contribution in [0.2, 0.25) is 5.02 Å². The van der Waals surface area contributed by atoms with Gasteiger partial charge in [0, 0.05) is 10.6 Å². The molecule has 3 rings (SSSR count). The number of carbonyl (C=O) groups is 1. The number of aliphatic carboxylic acids is 1. The van der Waals surface area contributed by atoms with Crippen LogP contribution in [0, 0.1) is 6.92 Å². The van der Waals surface area contributed by atoms with E-state index in [1.54, 1.807) is 44.4 Å². The Morgan fingerprint density at radius 1 is 1.23 bits per heavy atom. The van der Waals surface area contributed by atoms with Gasteiger partial charge < -0.3 is 19.0 Å². The predicted molar refractivity (Wildman–Crippen MR) is 97.3 cm³/mol. The van der Waals surface area contributed by atoms with Crippen LogP contribution < -0.4 is 14.9 Å². The van der Waals surface area contributed by atoms with Crippen LogP contribution in [0.15, 0.2) is 45.6 Å². The Morgan fingerprint density at radius 3 is 2.54 bits per heavy atom. The first-order chi connectivity index (χ1) is 12.4. The van der Waals surface area contributed by atoms with Crippen molar-refractivity contribution < 1.29 is 23.8 Å². The molecule has 7 heteroatoms. The number of ether oxygens (including phenoxy) is 2. The van der Waals surface area contributed by atoms with E-state index in [-0.39, 0.29) is 16.9 Å². The number of aryl methyl sites for hydroxylation is 1. The molecule has 0 atom stereocenters. The SMILES string of the molecule is COc1ccc(-c2oc3cc(C)c(Cl)cc3c(=O)c2OCC(=O)O)cc1. The van der Waals surface area contributed by atoms with Gasteiger partial charge in [-0.3, -0.25) is 4.79 Å². The molecule has 0 unspecified atom stereocenters. The van der Waals surface area contributed by atoms with Crippen molar-refractivity contribution in [2.24, 2.45) is 0 Å². The van der Waals surface area contributed by atoms with Crippen molar-refractivity contribution in [2.75, 3.05) is 13.7 Å². The van der Waals surface area contributed by atoms with Gasteiger partial charge in [0.2, 0.25) is 11.2 Å². The van der Waals surface area contributed by atoms with Crippen LogP contribution in [0.1, 0.15) is 5.56 Å². The summed E-state index contributed by atoms with van der Waals surface area (Å²) in [7, 11) is 1.54. The molecule has 1 aromatic heterocycles.